The van der Waals surface area contributed by atoms with Gasteiger partial charge in [0.15, 0.2) is 11.1 Å². The van der Waals surface area contributed by atoms with E-state index in [0.29, 0.717) is 6.61 Å². The van der Waals surface area contributed by atoms with Crippen LogP contribution in [0.2, 0.25) is 0 Å². The smallest absolute Gasteiger partial charge is 0.193 e. The summed E-state index contributed by atoms with van der Waals surface area (Å²) in [4.78, 5) is 3.64. The SMILES string of the molecule is Cc1ccc(C)c(OCCCSC(=N)N=C(N)N)c1. The lowest BCUT2D eigenvalue weighted by Gasteiger charge is -2.09. The van der Waals surface area contributed by atoms with Crippen LogP contribution in [0.4, 0.5) is 0 Å². The second-order valence-corrected chi connectivity index (χ2v) is 5.24. The lowest BCUT2D eigenvalue weighted by atomic mass is 10.1. The summed E-state index contributed by atoms with van der Waals surface area (Å²) in [7, 11) is 0. The van der Waals surface area contributed by atoms with Crippen molar-refractivity contribution in [2.24, 2.45) is 16.5 Å². The number of thioether (sulfide) groups is 1. The van der Waals surface area contributed by atoms with Gasteiger partial charge in [-0.3, -0.25) is 5.41 Å². The molecule has 0 unspecified atom stereocenters. The van der Waals surface area contributed by atoms with Gasteiger partial charge in [-0.15, -0.1) is 0 Å². The zero-order valence-corrected chi connectivity index (χ0v) is 12.1. The van der Waals surface area contributed by atoms with Gasteiger partial charge in [-0.2, -0.15) is 4.99 Å². The first-order chi connectivity index (χ1) is 8.99. The number of amidine groups is 1. The Balaban J connectivity index is 2.26. The van der Waals surface area contributed by atoms with Crippen molar-refractivity contribution in [3.63, 3.8) is 0 Å². The van der Waals surface area contributed by atoms with Crippen molar-refractivity contribution in [3.05, 3.63) is 29.3 Å². The molecule has 0 spiro atoms. The number of aliphatic imine (C=N–C) groups is 1. The molecule has 104 valence electrons. The molecule has 0 amide bonds. The summed E-state index contributed by atoms with van der Waals surface area (Å²) in [5.41, 5.74) is 12.7. The van der Waals surface area contributed by atoms with E-state index >= 15 is 0 Å². The van der Waals surface area contributed by atoms with E-state index in [-0.39, 0.29) is 11.1 Å². The zero-order valence-electron chi connectivity index (χ0n) is 11.3. The van der Waals surface area contributed by atoms with Gasteiger partial charge in [0.25, 0.3) is 0 Å². The molecule has 0 fully saturated rings. The molecule has 0 saturated heterocycles. The van der Waals surface area contributed by atoms with Crippen LogP contribution in [0.25, 0.3) is 0 Å². The predicted octanol–water partition coefficient (Wildman–Crippen LogP) is 2.01. The highest BCUT2D eigenvalue weighted by molar-refractivity contribution is 8.13. The maximum atomic E-state index is 7.46. The van der Waals surface area contributed by atoms with Gasteiger partial charge < -0.3 is 16.2 Å². The molecule has 0 bridgehead atoms. The molecule has 0 aliphatic heterocycles. The van der Waals surface area contributed by atoms with E-state index in [1.54, 1.807) is 0 Å². The molecule has 0 heterocycles. The van der Waals surface area contributed by atoms with Crippen molar-refractivity contribution < 1.29 is 4.74 Å². The first-order valence-electron chi connectivity index (χ1n) is 6.00. The highest BCUT2D eigenvalue weighted by Crippen LogP contribution is 2.19. The normalized spacial score (nSPS) is 10.0. The van der Waals surface area contributed by atoms with Gasteiger partial charge in [0, 0.05) is 5.75 Å². The molecule has 0 saturated carbocycles. The highest BCUT2D eigenvalue weighted by atomic mass is 32.2. The largest absolute Gasteiger partial charge is 0.493 e. The maximum Gasteiger partial charge on any atom is 0.193 e. The number of nitrogens with two attached hydrogens (primary N) is 2. The Morgan fingerprint density at radius 3 is 2.79 bits per heavy atom. The fraction of sp³-hybridized carbons (Fsp3) is 0.385. The van der Waals surface area contributed by atoms with E-state index < -0.39 is 0 Å². The minimum Gasteiger partial charge on any atom is -0.493 e. The lowest BCUT2D eigenvalue weighted by Crippen LogP contribution is -2.23. The van der Waals surface area contributed by atoms with Crippen molar-refractivity contribution in [1.82, 2.24) is 0 Å². The van der Waals surface area contributed by atoms with E-state index in [1.807, 2.05) is 26.0 Å². The van der Waals surface area contributed by atoms with Crippen molar-refractivity contribution in [2.45, 2.75) is 20.3 Å². The van der Waals surface area contributed by atoms with Crippen LogP contribution >= 0.6 is 11.8 Å². The fourth-order valence-corrected chi connectivity index (χ4v) is 2.05. The van der Waals surface area contributed by atoms with Crippen molar-refractivity contribution in [2.75, 3.05) is 12.4 Å². The van der Waals surface area contributed by atoms with Crippen molar-refractivity contribution >= 4 is 22.9 Å². The van der Waals surface area contributed by atoms with Crippen LogP contribution < -0.4 is 16.2 Å². The summed E-state index contributed by atoms with van der Waals surface area (Å²) >= 11 is 1.30. The molecule has 0 aliphatic carbocycles. The van der Waals surface area contributed by atoms with Crippen molar-refractivity contribution in [3.8, 4) is 5.75 Å². The number of hydrogen-bond donors (Lipinski definition) is 3. The highest BCUT2D eigenvalue weighted by Gasteiger charge is 2.00. The molecule has 5 nitrogen and oxygen atoms in total. The summed E-state index contributed by atoms with van der Waals surface area (Å²) in [6.45, 7) is 4.68. The Bertz CT molecular complexity index is 470. The Morgan fingerprint density at radius 2 is 2.11 bits per heavy atom. The molecule has 0 aliphatic rings. The molecule has 1 aromatic carbocycles. The average molecular weight is 280 g/mol. The topological polar surface area (TPSA) is 97.5 Å². The third-order valence-corrected chi connectivity index (χ3v) is 3.22. The summed E-state index contributed by atoms with van der Waals surface area (Å²) in [5.74, 6) is 1.59. The van der Waals surface area contributed by atoms with Crippen LogP contribution in [0, 0.1) is 19.3 Å². The van der Waals surface area contributed by atoms with E-state index in [4.69, 9.17) is 21.6 Å². The van der Waals surface area contributed by atoms with Gasteiger partial charge in [0.1, 0.15) is 5.75 Å². The minimum atomic E-state index is -0.0795. The zero-order chi connectivity index (χ0) is 14.3. The number of rotatable bonds is 5. The number of aryl methyl sites for hydroxylation is 2. The average Bonchev–Trinajstić information content (AvgIpc) is 2.32. The second kappa shape index (κ2) is 7.68. The molecule has 0 radical (unpaired) electrons. The quantitative estimate of drug-likeness (QED) is 0.436. The number of ether oxygens (including phenoxy) is 1. The molecule has 5 N–H and O–H groups in total. The molecule has 1 aromatic rings. The van der Waals surface area contributed by atoms with Gasteiger partial charge in [-0.1, -0.05) is 23.9 Å². The van der Waals surface area contributed by atoms with Crippen LogP contribution in [-0.4, -0.2) is 23.5 Å². The molecule has 6 heteroatoms. The summed E-state index contributed by atoms with van der Waals surface area (Å²) in [5, 5.41) is 7.59. The lowest BCUT2D eigenvalue weighted by molar-refractivity contribution is 0.316. The van der Waals surface area contributed by atoms with E-state index in [0.717, 1.165) is 23.5 Å². The van der Waals surface area contributed by atoms with Gasteiger partial charge in [-0.05, 0) is 37.5 Å². The Hall–Kier alpha value is -1.69. The van der Waals surface area contributed by atoms with E-state index in [9.17, 15) is 0 Å². The van der Waals surface area contributed by atoms with Gasteiger partial charge in [-0.25, -0.2) is 0 Å². The first kappa shape index (κ1) is 15.4. The maximum absolute atomic E-state index is 7.46. The second-order valence-electron chi connectivity index (χ2n) is 4.16. The first-order valence-corrected chi connectivity index (χ1v) is 6.98. The molecule has 0 aromatic heterocycles. The number of benzene rings is 1. The van der Waals surface area contributed by atoms with Gasteiger partial charge in [0.2, 0.25) is 0 Å². The third-order valence-electron chi connectivity index (χ3n) is 2.36. The predicted molar refractivity (Wildman–Crippen MR) is 82.0 cm³/mol. The molecular formula is C13H20N4OS. The van der Waals surface area contributed by atoms with Crippen molar-refractivity contribution in [1.29, 1.82) is 5.41 Å². The third kappa shape index (κ3) is 6.15. The molecule has 1 rings (SSSR count). The fourth-order valence-electron chi connectivity index (χ4n) is 1.42. The van der Waals surface area contributed by atoms with Crippen LogP contribution in [0.3, 0.4) is 0 Å². The van der Waals surface area contributed by atoms with Crippen LogP contribution in [0.1, 0.15) is 17.5 Å². The number of hydrogen-bond acceptors (Lipinski definition) is 3. The van der Waals surface area contributed by atoms with Crippen LogP contribution in [-0.2, 0) is 0 Å². The standard InChI is InChI=1S/C13H20N4OS/c1-9-4-5-10(2)11(8-9)18-6-3-7-19-13(16)17-12(14)15/h4-5,8H,3,6-7H2,1-2H3,(H5,14,15,16,17). The number of nitrogens with zero attached hydrogens (tertiary/aromatic N) is 1. The number of guanidine groups is 1. The summed E-state index contributed by atoms with van der Waals surface area (Å²) < 4.78 is 5.71. The van der Waals surface area contributed by atoms with Gasteiger partial charge in [0.05, 0.1) is 6.61 Å². The molecule has 0 atom stereocenters. The van der Waals surface area contributed by atoms with E-state index in [2.05, 4.69) is 11.1 Å². The number of nitrogens with one attached hydrogen (secondary N) is 1. The molecule has 19 heavy (non-hydrogen) atoms. The monoisotopic (exact) mass is 280 g/mol. The van der Waals surface area contributed by atoms with E-state index in [1.165, 1.54) is 17.3 Å². The molecular weight excluding hydrogens is 260 g/mol. The summed E-state index contributed by atoms with van der Waals surface area (Å²) in [6.07, 6.45) is 0.834. The minimum absolute atomic E-state index is 0.0795. The van der Waals surface area contributed by atoms with Gasteiger partial charge >= 0.3 is 0 Å². The summed E-state index contributed by atoms with van der Waals surface area (Å²) in [6, 6.07) is 6.15. The van der Waals surface area contributed by atoms with Crippen LogP contribution in [0.5, 0.6) is 5.75 Å². The Labute approximate surface area is 117 Å². The Morgan fingerprint density at radius 1 is 1.37 bits per heavy atom. The Kier molecular flexibility index (Phi) is 6.21. The van der Waals surface area contributed by atoms with Crippen LogP contribution in [0.15, 0.2) is 23.2 Å².